The molecule has 0 unspecified atom stereocenters. The third kappa shape index (κ3) is 4.35. The van der Waals surface area contributed by atoms with Crippen molar-refractivity contribution in [2.75, 3.05) is 11.5 Å². The third-order valence-electron chi connectivity index (χ3n) is 2.45. The zero-order valence-corrected chi connectivity index (χ0v) is 11.8. The Balaban J connectivity index is 2.96. The summed E-state index contributed by atoms with van der Waals surface area (Å²) in [5.74, 6) is -0.793. The number of amides is 1. The van der Waals surface area contributed by atoms with Crippen molar-refractivity contribution in [1.82, 2.24) is 0 Å². The molecule has 1 rings (SSSR count). The van der Waals surface area contributed by atoms with E-state index in [9.17, 15) is 14.4 Å². The quantitative estimate of drug-likeness (QED) is 0.611. The summed E-state index contributed by atoms with van der Waals surface area (Å²) >= 11 is 0. The summed E-state index contributed by atoms with van der Waals surface area (Å²) in [6.07, 6.45) is 2.71. The molecule has 0 bridgehead atoms. The largest absolute Gasteiger partial charge is 0.462 e. The summed E-state index contributed by atoms with van der Waals surface area (Å²) in [5.41, 5.74) is 0.984. The fourth-order valence-electron chi connectivity index (χ4n) is 1.52. The summed E-state index contributed by atoms with van der Waals surface area (Å²) in [6.45, 7) is 4.83. The Labute approximate surface area is 117 Å². The van der Waals surface area contributed by atoms with Crippen LogP contribution in [0.1, 0.15) is 31.1 Å². The van der Waals surface area contributed by atoms with Crippen molar-refractivity contribution >= 4 is 23.3 Å². The predicted molar refractivity (Wildman–Crippen MR) is 75.4 cm³/mol. The number of anilines is 1. The number of hydrogen-bond donors (Lipinski definition) is 0. The fourth-order valence-corrected chi connectivity index (χ4v) is 1.52. The smallest absolute Gasteiger partial charge is 0.338 e. The summed E-state index contributed by atoms with van der Waals surface area (Å²) in [7, 11) is 0. The minimum atomic E-state index is -0.410. The van der Waals surface area contributed by atoms with E-state index >= 15 is 0 Å². The van der Waals surface area contributed by atoms with Gasteiger partial charge in [-0.3, -0.25) is 14.5 Å². The van der Waals surface area contributed by atoms with Gasteiger partial charge in [0.15, 0.2) is 5.78 Å². The summed E-state index contributed by atoms with van der Waals surface area (Å²) in [6, 6.07) is 6.39. The van der Waals surface area contributed by atoms with Crippen LogP contribution >= 0.6 is 0 Å². The first-order valence-electron chi connectivity index (χ1n) is 6.21. The van der Waals surface area contributed by atoms with Crippen molar-refractivity contribution in [3.05, 3.63) is 42.1 Å². The Hall–Kier alpha value is -2.43. The number of allylic oxidation sites excluding steroid dienone is 1. The van der Waals surface area contributed by atoms with E-state index in [1.54, 1.807) is 31.2 Å². The molecule has 5 nitrogen and oxygen atoms in total. The first-order valence-corrected chi connectivity index (χ1v) is 6.21. The van der Waals surface area contributed by atoms with Crippen LogP contribution in [-0.4, -0.2) is 24.3 Å². The van der Waals surface area contributed by atoms with E-state index in [0.717, 1.165) is 0 Å². The van der Waals surface area contributed by atoms with E-state index < -0.39 is 5.97 Å². The maximum absolute atomic E-state index is 11.5. The van der Waals surface area contributed by atoms with Crippen LogP contribution in [0, 0.1) is 0 Å². The second-order valence-corrected chi connectivity index (χ2v) is 4.08. The number of rotatable bonds is 5. The maximum atomic E-state index is 11.5. The van der Waals surface area contributed by atoms with E-state index in [4.69, 9.17) is 4.74 Å². The molecule has 0 fully saturated rings. The molecule has 0 atom stereocenters. The van der Waals surface area contributed by atoms with Crippen molar-refractivity contribution in [1.29, 1.82) is 0 Å². The van der Waals surface area contributed by atoms with Gasteiger partial charge in [0, 0.05) is 18.8 Å². The fraction of sp³-hybridized carbons (Fsp3) is 0.267. The molecule has 0 aliphatic rings. The summed E-state index contributed by atoms with van der Waals surface area (Å²) in [4.78, 5) is 35.3. The number of carbonyl (C=O) groups is 3. The SMILES string of the molecule is CCOC(=O)c1ccc(N(C=CC(C)=O)C(C)=O)cc1. The van der Waals surface area contributed by atoms with Gasteiger partial charge in [-0.1, -0.05) is 0 Å². The average Bonchev–Trinajstić information content (AvgIpc) is 2.39. The lowest BCUT2D eigenvalue weighted by Gasteiger charge is -2.16. The molecular weight excluding hydrogens is 258 g/mol. The van der Waals surface area contributed by atoms with E-state index in [1.807, 2.05) is 0 Å². The standard InChI is InChI=1S/C15H17NO4/c1-4-20-15(19)13-5-7-14(8-6-13)16(12(3)18)10-9-11(2)17/h5-10H,4H2,1-3H3. The van der Waals surface area contributed by atoms with Crippen LogP contribution in [0.5, 0.6) is 0 Å². The first-order chi connectivity index (χ1) is 9.45. The zero-order valence-electron chi connectivity index (χ0n) is 11.8. The van der Waals surface area contributed by atoms with E-state index in [2.05, 4.69) is 0 Å². The summed E-state index contributed by atoms with van der Waals surface area (Å²) < 4.78 is 4.88. The van der Waals surface area contributed by atoms with Crippen molar-refractivity contribution in [3.8, 4) is 0 Å². The van der Waals surface area contributed by atoms with Gasteiger partial charge in [0.25, 0.3) is 0 Å². The lowest BCUT2D eigenvalue weighted by Crippen LogP contribution is -2.22. The molecule has 0 heterocycles. The van der Waals surface area contributed by atoms with Crippen LogP contribution in [0.2, 0.25) is 0 Å². The second-order valence-electron chi connectivity index (χ2n) is 4.08. The van der Waals surface area contributed by atoms with Crippen LogP contribution in [0.25, 0.3) is 0 Å². The van der Waals surface area contributed by atoms with Gasteiger partial charge in [0.2, 0.25) is 5.91 Å². The topological polar surface area (TPSA) is 63.7 Å². The second kappa shape index (κ2) is 7.23. The first kappa shape index (κ1) is 15.6. The van der Waals surface area contributed by atoms with Crippen molar-refractivity contribution < 1.29 is 19.1 Å². The third-order valence-corrected chi connectivity index (χ3v) is 2.45. The van der Waals surface area contributed by atoms with Crippen molar-refractivity contribution in [3.63, 3.8) is 0 Å². The molecule has 1 aromatic rings. The minimum absolute atomic E-state index is 0.153. The Bertz CT molecular complexity index is 531. The van der Waals surface area contributed by atoms with Gasteiger partial charge in [0.05, 0.1) is 12.2 Å². The lowest BCUT2D eigenvalue weighted by atomic mass is 10.2. The molecule has 0 N–H and O–H groups in total. The molecule has 0 saturated heterocycles. The molecule has 0 saturated carbocycles. The van der Waals surface area contributed by atoms with Crippen LogP contribution in [0.3, 0.4) is 0 Å². The van der Waals surface area contributed by atoms with Crippen LogP contribution in [-0.2, 0) is 14.3 Å². The Morgan fingerprint density at radius 2 is 1.75 bits per heavy atom. The average molecular weight is 275 g/mol. The zero-order chi connectivity index (χ0) is 15.1. The van der Waals surface area contributed by atoms with Gasteiger partial charge < -0.3 is 4.74 Å². The number of carbonyl (C=O) groups excluding carboxylic acids is 3. The van der Waals surface area contributed by atoms with Gasteiger partial charge in [-0.05, 0) is 44.2 Å². The molecule has 20 heavy (non-hydrogen) atoms. The van der Waals surface area contributed by atoms with E-state index in [0.29, 0.717) is 17.9 Å². The number of nitrogens with zero attached hydrogens (tertiary/aromatic N) is 1. The minimum Gasteiger partial charge on any atom is -0.462 e. The molecular formula is C15H17NO4. The normalized spacial score (nSPS) is 10.3. The van der Waals surface area contributed by atoms with Gasteiger partial charge in [-0.15, -0.1) is 0 Å². The van der Waals surface area contributed by atoms with E-state index in [-0.39, 0.29) is 11.7 Å². The number of ether oxygens (including phenoxy) is 1. The maximum Gasteiger partial charge on any atom is 0.338 e. The Morgan fingerprint density at radius 3 is 2.20 bits per heavy atom. The number of hydrogen-bond acceptors (Lipinski definition) is 4. The Kier molecular flexibility index (Phi) is 5.65. The summed E-state index contributed by atoms with van der Waals surface area (Å²) in [5, 5.41) is 0. The predicted octanol–water partition coefficient (Wildman–Crippen LogP) is 2.32. The van der Waals surface area contributed by atoms with Crippen molar-refractivity contribution in [2.45, 2.75) is 20.8 Å². The highest BCUT2D eigenvalue weighted by Gasteiger charge is 2.11. The number of benzene rings is 1. The van der Waals surface area contributed by atoms with Gasteiger partial charge in [-0.25, -0.2) is 4.79 Å². The molecule has 5 heteroatoms. The lowest BCUT2D eigenvalue weighted by molar-refractivity contribution is -0.116. The molecule has 1 amide bonds. The molecule has 0 radical (unpaired) electrons. The van der Waals surface area contributed by atoms with Crippen LogP contribution in [0.15, 0.2) is 36.5 Å². The van der Waals surface area contributed by atoms with Gasteiger partial charge in [0.1, 0.15) is 0 Å². The highest BCUT2D eigenvalue weighted by molar-refractivity contribution is 5.96. The molecule has 0 spiro atoms. The molecule has 0 aromatic heterocycles. The molecule has 0 aliphatic carbocycles. The van der Waals surface area contributed by atoms with E-state index in [1.165, 1.54) is 31.0 Å². The van der Waals surface area contributed by atoms with Crippen LogP contribution in [0.4, 0.5) is 5.69 Å². The highest BCUT2D eigenvalue weighted by Crippen LogP contribution is 2.16. The highest BCUT2D eigenvalue weighted by atomic mass is 16.5. The molecule has 0 aliphatic heterocycles. The monoisotopic (exact) mass is 275 g/mol. The van der Waals surface area contributed by atoms with Gasteiger partial charge in [-0.2, -0.15) is 0 Å². The number of esters is 1. The Morgan fingerprint density at radius 1 is 1.15 bits per heavy atom. The number of ketones is 1. The van der Waals surface area contributed by atoms with Crippen LogP contribution < -0.4 is 4.90 Å². The molecule has 1 aromatic carbocycles. The van der Waals surface area contributed by atoms with Crippen molar-refractivity contribution in [2.24, 2.45) is 0 Å². The molecule has 106 valence electrons. The van der Waals surface area contributed by atoms with Gasteiger partial charge >= 0.3 is 5.97 Å².